The summed E-state index contributed by atoms with van der Waals surface area (Å²) >= 11 is 0. The summed E-state index contributed by atoms with van der Waals surface area (Å²) in [5.41, 5.74) is 6.47. The topological polar surface area (TPSA) is 88.2 Å². The number of nitrogens with zero attached hydrogens (tertiary/aromatic N) is 1. The van der Waals surface area contributed by atoms with Gasteiger partial charge in [0.15, 0.2) is 0 Å². The van der Waals surface area contributed by atoms with E-state index < -0.39 is 5.60 Å². The fourth-order valence-electron chi connectivity index (χ4n) is 2.92. The number of hydrogen-bond donors (Lipinski definition) is 3. The molecule has 0 aromatic carbocycles. The molecule has 1 aliphatic rings. The molecular formula is C16H25N3O2. The van der Waals surface area contributed by atoms with E-state index >= 15 is 0 Å². The molecule has 1 amide bonds. The number of carbonyl (C=O) groups is 1. The van der Waals surface area contributed by atoms with Crippen molar-refractivity contribution < 1.29 is 9.90 Å². The van der Waals surface area contributed by atoms with E-state index in [1.165, 1.54) is 6.20 Å². The molecule has 0 aliphatic heterocycles. The lowest BCUT2D eigenvalue weighted by atomic mass is 9.78. The maximum absolute atomic E-state index is 12.2. The zero-order valence-corrected chi connectivity index (χ0v) is 12.9. The second kappa shape index (κ2) is 6.43. The SMILES string of the molecule is CCC1CCC(O)(CNC(=O)c2cc(N)cnc2C)CC1. The number of carbonyl (C=O) groups excluding carboxylic acids is 1. The first-order chi connectivity index (χ1) is 9.93. The smallest absolute Gasteiger partial charge is 0.253 e. The number of nitrogen functional groups attached to an aromatic ring is 1. The van der Waals surface area contributed by atoms with Crippen molar-refractivity contribution in [2.75, 3.05) is 12.3 Å². The van der Waals surface area contributed by atoms with Crippen LogP contribution in [-0.4, -0.2) is 28.1 Å². The number of aromatic nitrogens is 1. The van der Waals surface area contributed by atoms with Crippen molar-refractivity contribution in [1.82, 2.24) is 10.3 Å². The van der Waals surface area contributed by atoms with Gasteiger partial charge in [-0.3, -0.25) is 9.78 Å². The molecule has 1 fully saturated rings. The molecular weight excluding hydrogens is 266 g/mol. The van der Waals surface area contributed by atoms with Crippen molar-refractivity contribution in [2.45, 2.75) is 51.6 Å². The lowest BCUT2D eigenvalue weighted by molar-refractivity contribution is -0.00787. The third kappa shape index (κ3) is 3.94. The number of nitrogens with one attached hydrogen (secondary N) is 1. The van der Waals surface area contributed by atoms with Crippen molar-refractivity contribution in [1.29, 1.82) is 0 Å². The second-order valence-corrected chi connectivity index (χ2v) is 6.16. The summed E-state index contributed by atoms with van der Waals surface area (Å²) < 4.78 is 0. The average molecular weight is 291 g/mol. The molecule has 0 saturated heterocycles. The van der Waals surface area contributed by atoms with Crippen LogP contribution < -0.4 is 11.1 Å². The van der Waals surface area contributed by atoms with E-state index in [0.717, 1.165) is 32.1 Å². The number of pyridine rings is 1. The minimum atomic E-state index is -0.775. The summed E-state index contributed by atoms with van der Waals surface area (Å²) in [5.74, 6) is 0.486. The van der Waals surface area contributed by atoms with Crippen molar-refractivity contribution in [2.24, 2.45) is 5.92 Å². The van der Waals surface area contributed by atoms with Gasteiger partial charge >= 0.3 is 0 Å². The highest BCUT2D eigenvalue weighted by atomic mass is 16.3. The second-order valence-electron chi connectivity index (χ2n) is 6.16. The summed E-state index contributed by atoms with van der Waals surface area (Å²) in [7, 11) is 0. The number of aryl methyl sites for hydroxylation is 1. The van der Waals surface area contributed by atoms with E-state index in [1.54, 1.807) is 13.0 Å². The highest BCUT2D eigenvalue weighted by Gasteiger charge is 2.33. The minimum absolute atomic E-state index is 0.224. The maximum Gasteiger partial charge on any atom is 0.253 e. The van der Waals surface area contributed by atoms with Crippen LogP contribution in [0.15, 0.2) is 12.3 Å². The Kier molecular flexibility index (Phi) is 4.83. The Labute approximate surface area is 126 Å². The van der Waals surface area contributed by atoms with Crippen LogP contribution in [0.4, 0.5) is 5.69 Å². The lowest BCUT2D eigenvalue weighted by Gasteiger charge is -2.35. The number of hydrogen-bond acceptors (Lipinski definition) is 4. The standard InChI is InChI=1S/C16H25N3O2/c1-3-12-4-6-16(21,7-5-12)10-19-15(20)14-8-13(17)9-18-11(14)2/h8-9,12,21H,3-7,10,17H2,1-2H3,(H,19,20). The molecule has 2 rings (SSSR count). The van der Waals surface area contributed by atoms with Gasteiger partial charge in [-0.1, -0.05) is 13.3 Å². The monoisotopic (exact) mass is 291 g/mol. The highest BCUT2D eigenvalue weighted by molar-refractivity contribution is 5.95. The van der Waals surface area contributed by atoms with Crippen molar-refractivity contribution >= 4 is 11.6 Å². The third-order valence-electron chi connectivity index (χ3n) is 4.54. The van der Waals surface area contributed by atoms with Crippen LogP contribution in [0.1, 0.15) is 55.1 Å². The first-order valence-electron chi connectivity index (χ1n) is 7.66. The van der Waals surface area contributed by atoms with E-state index in [-0.39, 0.29) is 12.5 Å². The Bertz CT molecular complexity index is 508. The zero-order valence-electron chi connectivity index (χ0n) is 12.9. The highest BCUT2D eigenvalue weighted by Crippen LogP contribution is 2.33. The Morgan fingerprint density at radius 1 is 1.52 bits per heavy atom. The Balaban J connectivity index is 1.93. The molecule has 0 bridgehead atoms. The van der Waals surface area contributed by atoms with Crippen LogP contribution >= 0.6 is 0 Å². The molecule has 1 aliphatic carbocycles. The lowest BCUT2D eigenvalue weighted by Crippen LogP contribution is -2.45. The predicted octanol–water partition coefficient (Wildman–Crippen LogP) is 2.03. The van der Waals surface area contributed by atoms with Gasteiger partial charge in [0.05, 0.1) is 28.7 Å². The van der Waals surface area contributed by atoms with Gasteiger partial charge in [0.1, 0.15) is 0 Å². The van der Waals surface area contributed by atoms with E-state index in [9.17, 15) is 9.90 Å². The molecule has 0 radical (unpaired) electrons. The molecule has 116 valence electrons. The Hall–Kier alpha value is -1.62. The first-order valence-corrected chi connectivity index (χ1v) is 7.66. The summed E-state index contributed by atoms with van der Waals surface area (Å²) in [6, 6.07) is 1.62. The molecule has 1 saturated carbocycles. The largest absolute Gasteiger partial charge is 0.397 e. The Morgan fingerprint density at radius 2 is 2.19 bits per heavy atom. The van der Waals surface area contributed by atoms with Crippen LogP contribution in [-0.2, 0) is 0 Å². The fourth-order valence-corrected chi connectivity index (χ4v) is 2.92. The molecule has 21 heavy (non-hydrogen) atoms. The van der Waals surface area contributed by atoms with Crippen LogP contribution in [0.3, 0.4) is 0 Å². The number of nitrogens with two attached hydrogens (primary N) is 1. The van der Waals surface area contributed by atoms with Crippen molar-refractivity contribution in [3.8, 4) is 0 Å². The van der Waals surface area contributed by atoms with Gasteiger partial charge in [0.25, 0.3) is 5.91 Å². The summed E-state index contributed by atoms with van der Waals surface area (Å²) in [6.07, 6.45) is 6.26. The van der Waals surface area contributed by atoms with Crippen LogP contribution in [0.25, 0.3) is 0 Å². The summed E-state index contributed by atoms with van der Waals surface area (Å²) in [4.78, 5) is 16.3. The normalized spacial score (nSPS) is 25.6. The number of amides is 1. The van der Waals surface area contributed by atoms with Crippen LogP contribution in [0, 0.1) is 12.8 Å². The van der Waals surface area contributed by atoms with Gasteiger partial charge in [-0.2, -0.15) is 0 Å². The van der Waals surface area contributed by atoms with Gasteiger partial charge in [0, 0.05) is 6.54 Å². The van der Waals surface area contributed by atoms with Gasteiger partial charge in [-0.05, 0) is 44.6 Å². The van der Waals surface area contributed by atoms with Crippen LogP contribution in [0.2, 0.25) is 0 Å². The van der Waals surface area contributed by atoms with E-state index in [0.29, 0.717) is 22.9 Å². The van der Waals surface area contributed by atoms with Gasteiger partial charge < -0.3 is 16.2 Å². The quantitative estimate of drug-likeness (QED) is 0.792. The van der Waals surface area contributed by atoms with Gasteiger partial charge in [-0.25, -0.2) is 0 Å². The number of anilines is 1. The predicted molar refractivity (Wildman–Crippen MR) is 82.9 cm³/mol. The molecule has 1 heterocycles. The molecule has 1 aromatic heterocycles. The summed E-state index contributed by atoms with van der Waals surface area (Å²) in [5, 5.41) is 13.4. The zero-order chi connectivity index (χ0) is 15.5. The fraction of sp³-hybridized carbons (Fsp3) is 0.625. The van der Waals surface area contributed by atoms with Crippen molar-refractivity contribution in [3.05, 3.63) is 23.5 Å². The Morgan fingerprint density at radius 3 is 2.81 bits per heavy atom. The first kappa shape index (κ1) is 15.8. The minimum Gasteiger partial charge on any atom is -0.397 e. The molecule has 0 atom stereocenters. The average Bonchev–Trinajstić information content (AvgIpc) is 2.48. The van der Waals surface area contributed by atoms with E-state index in [1.807, 2.05) is 0 Å². The van der Waals surface area contributed by atoms with Gasteiger partial charge in [-0.15, -0.1) is 0 Å². The molecule has 4 N–H and O–H groups in total. The number of aliphatic hydroxyl groups is 1. The number of rotatable bonds is 4. The maximum atomic E-state index is 12.2. The molecule has 1 aromatic rings. The molecule has 0 unspecified atom stereocenters. The van der Waals surface area contributed by atoms with E-state index in [2.05, 4.69) is 17.2 Å². The molecule has 5 heteroatoms. The molecule has 5 nitrogen and oxygen atoms in total. The van der Waals surface area contributed by atoms with Gasteiger partial charge in [0.2, 0.25) is 0 Å². The van der Waals surface area contributed by atoms with E-state index in [4.69, 9.17) is 5.73 Å². The van der Waals surface area contributed by atoms with Crippen molar-refractivity contribution in [3.63, 3.8) is 0 Å². The third-order valence-corrected chi connectivity index (χ3v) is 4.54. The summed E-state index contributed by atoms with van der Waals surface area (Å²) in [6.45, 7) is 4.25. The van der Waals surface area contributed by atoms with Crippen LogP contribution in [0.5, 0.6) is 0 Å². The molecule has 0 spiro atoms.